The van der Waals surface area contributed by atoms with Gasteiger partial charge in [-0.3, -0.25) is 4.79 Å². The molecule has 5 heteroatoms. The van der Waals surface area contributed by atoms with E-state index >= 15 is 0 Å². The Morgan fingerprint density at radius 1 is 1.15 bits per heavy atom. The molecule has 0 aliphatic carbocycles. The van der Waals surface area contributed by atoms with E-state index in [4.69, 9.17) is 10.00 Å². The van der Waals surface area contributed by atoms with Gasteiger partial charge < -0.3 is 15.0 Å². The Balaban J connectivity index is 1.37. The number of fused-ring (bicyclic) bond motifs is 2. The van der Waals surface area contributed by atoms with E-state index in [1.165, 1.54) is 13.0 Å². The minimum absolute atomic E-state index is 0.0319. The summed E-state index contributed by atoms with van der Waals surface area (Å²) in [5.41, 5.74) is 1.19. The predicted octanol–water partition coefficient (Wildman–Crippen LogP) is 3.17. The minimum atomic E-state index is -0.0319. The number of hydrogen-bond acceptors (Lipinski definition) is 4. The molecule has 1 N–H and O–H groups in total. The minimum Gasteiger partial charge on any atom is -0.457 e. The second-order valence-electron chi connectivity index (χ2n) is 7.09. The fourth-order valence-electron chi connectivity index (χ4n) is 3.87. The van der Waals surface area contributed by atoms with E-state index in [0.717, 1.165) is 25.4 Å². The van der Waals surface area contributed by atoms with Crippen LogP contribution in [0.25, 0.3) is 0 Å². The fourth-order valence-corrected chi connectivity index (χ4v) is 3.87. The molecule has 3 atom stereocenters. The van der Waals surface area contributed by atoms with Crippen LogP contribution in [0.3, 0.4) is 0 Å². The maximum atomic E-state index is 12.5. The first-order valence-electron chi connectivity index (χ1n) is 9.01. The van der Waals surface area contributed by atoms with E-state index in [1.54, 1.807) is 48.5 Å². The highest BCUT2D eigenvalue weighted by molar-refractivity contribution is 5.94. The van der Waals surface area contributed by atoms with Gasteiger partial charge in [-0.2, -0.15) is 5.26 Å². The first-order valence-corrected chi connectivity index (χ1v) is 9.01. The van der Waals surface area contributed by atoms with E-state index in [0.29, 0.717) is 22.6 Å². The van der Waals surface area contributed by atoms with Crippen LogP contribution in [0.1, 0.15) is 28.8 Å². The highest BCUT2D eigenvalue weighted by Gasteiger charge is 2.32. The van der Waals surface area contributed by atoms with Crippen LogP contribution in [0.5, 0.6) is 11.5 Å². The van der Waals surface area contributed by atoms with Crippen LogP contribution < -0.4 is 10.1 Å². The van der Waals surface area contributed by atoms with Crippen molar-refractivity contribution in [3.63, 3.8) is 0 Å². The first kappa shape index (κ1) is 16.6. The number of rotatable bonds is 4. The van der Waals surface area contributed by atoms with Crippen molar-refractivity contribution in [2.75, 3.05) is 19.6 Å². The van der Waals surface area contributed by atoms with Crippen LogP contribution >= 0.6 is 0 Å². The molecule has 2 aromatic carbocycles. The molecule has 1 amide bonds. The Morgan fingerprint density at radius 3 is 2.77 bits per heavy atom. The molecule has 2 heterocycles. The van der Waals surface area contributed by atoms with Gasteiger partial charge in [0, 0.05) is 24.7 Å². The van der Waals surface area contributed by atoms with Crippen molar-refractivity contribution in [2.45, 2.75) is 18.9 Å². The van der Waals surface area contributed by atoms with Crippen molar-refractivity contribution in [3.8, 4) is 17.6 Å². The molecule has 4 rings (SSSR count). The number of amides is 1. The topological polar surface area (TPSA) is 65.4 Å². The Kier molecular flexibility index (Phi) is 4.59. The Bertz CT molecular complexity index is 829. The van der Waals surface area contributed by atoms with Crippen LogP contribution in [0.2, 0.25) is 0 Å². The molecule has 5 nitrogen and oxygen atoms in total. The van der Waals surface area contributed by atoms with E-state index < -0.39 is 0 Å². The molecule has 2 saturated heterocycles. The van der Waals surface area contributed by atoms with Gasteiger partial charge in [0.1, 0.15) is 11.5 Å². The molecule has 2 fully saturated rings. The lowest BCUT2D eigenvalue weighted by Gasteiger charge is -2.30. The number of nitriles is 1. The zero-order valence-electron chi connectivity index (χ0n) is 14.5. The van der Waals surface area contributed by atoms with Crippen molar-refractivity contribution >= 4 is 5.91 Å². The number of carbonyl (C=O) groups is 1. The molecular formula is C21H21N3O2. The SMILES string of the molecule is N#Cc1cccc(Oc2ccc(C(=O)NC3CC4CCN(C4)C3)cc2)c1. The summed E-state index contributed by atoms with van der Waals surface area (Å²) in [4.78, 5) is 14.9. The number of hydrogen-bond donors (Lipinski definition) is 1. The summed E-state index contributed by atoms with van der Waals surface area (Å²) >= 11 is 0. The number of benzene rings is 2. The third kappa shape index (κ3) is 3.71. The number of carbonyl (C=O) groups excluding carboxylic acids is 1. The van der Waals surface area contributed by atoms with Crippen molar-refractivity contribution in [1.82, 2.24) is 10.2 Å². The molecule has 2 bridgehead atoms. The summed E-state index contributed by atoms with van der Waals surface area (Å²) in [6.07, 6.45) is 2.34. The van der Waals surface area contributed by atoms with Crippen LogP contribution in [0, 0.1) is 17.2 Å². The predicted molar refractivity (Wildman–Crippen MR) is 98.1 cm³/mol. The molecule has 0 spiro atoms. The lowest BCUT2D eigenvalue weighted by Crippen LogP contribution is -2.46. The van der Waals surface area contributed by atoms with Crippen LogP contribution in [-0.2, 0) is 0 Å². The summed E-state index contributed by atoms with van der Waals surface area (Å²) in [5.74, 6) is 1.94. The largest absolute Gasteiger partial charge is 0.457 e. The maximum absolute atomic E-state index is 12.5. The molecule has 0 saturated carbocycles. The van der Waals surface area contributed by atoms with Gasteiger partial charge in [0.25, 0.3) is 5.91 Å². The van der Waals surface area contributed by atoms with Crippen molar-refractivity contribution in [1.29, 1.82) is 5.26 Å². The van der Waals surface area contributed by atoms with Gasteiger partial charge in [0.05, 0.1) is 11.6 Å². The van der Waals surface area contributed by atoms with Gasteiger partial charge in [-0.25, -0.2) is 0 Å². The van der Waals surface area contributed by atoms with Gasteiger partial charge in [-0.1, -0.05) is 6.07 Å². The molecule has 26 heavy (non-hydrogen) atoms. The molecule has 2 aliphatic rings. The van der Waals surface area contributed by atoms with Crippen molar-refractivity contribution < 1.29 is 9.53 Å². The summed E-state index contributed by atoms with van der Waals surface area (Å²) in [5, 5.41) is 12.1. The zero-order valence-corrected chi connectivity index (χ0v) is 14.5. The Morgan fingerprint density at radius 2 is 2.00 bits per heavy atom. The summed E-state index contributed by atoms with van der Waals surface area (Å²) in [7, 11) is 0. The molecule has 0 radical (unpaired) electrons. The molecule has 132 valence electrons. The third-order valence-corrected chi connectivity index (χ3v) is 5.12. The standard InChI is InChI=1S/C21H21N3O2/c22-12-15-2-1-3-20(11-15)26-19-6-4-17(5-7-19)21(25)23-18-10-16-8-9-24(13-16)14-18/h1-7,11,16,18H,8-10,13-14H2,(H,23,25). The third-order valence-electron chi connectivity index (χ3n) is 5.12. The smallest absolute Gasteiger partial charge is 0.251 e. The lowest BCUT2D eigenvalue weighted by molar-refractivity contribution is 0.0909. The first-order chi connectivity index (χ1) is 12.7. The average molecular weight is 347 g/mol. The monoisotopic (exact) mass is 347 g/mol. The quantitative estimate of drug-likeness (QED) is 0.922. The molecule has 3 unspecified atom stereocenters. The van der Waals surface area contributed by atoms with Gasteiger partial charge in [0.2, 0.25) is 0 Å². The highest BCUT2D eigenvalue weighted by atomic mass is 16.5. The zero-order chi connectivity index (χ0) is 17.9. The van der Waals surface area contributed by atoms with E-state index in [9.17, 15) is 4.79 Å². The summed E-state index contributed by atoms with van der Waals surface area (Å²) < 4.78 is 5.75. The van der Waals surface area contributed by atoms with E-state index in [1.807, 2.05) is 0 Å². The van der Waals surface area contributed by atoms with Gasteiger partial charge in [0.15, 0.2) is 0 Å². The molecule has 2 aliphatic heterocycles. The highest BCUT2D eigenvalue weighted by Crippen LogP contribution is 2.27. The molecule has 0 aromatic heterocycles. The number of ether oxygens (including phenoxy) is 1. The van der Waals surface area contributed by atoms with Crippen LogP contribution in [0.4, 0.5) is 0 Å². The fraction of sp³-hybridized carbons (Fsp3) is 0.333. The second-order valence-corrected chi connectivity index (χ2v) is 7.09. The van der Waals surface area contributed by atoms with Gasteiger partial charge in [-0.05, 0) is 67.8 Å². The normalized spacial score (nSPS) is 23.9. The Hall–Kier alpha value is -2.84. The number of nitrogens with zero attached hydrogens (tertiary/aromatic N) is 2. The van der Waals surface area contributed by atoms with E-state index in [2.05, 4.69) is 16.3 Å². The summed E-state index contributed by atoms with van der Waals surface area (Å²) in [6, 6.07) is 16.4. The average Bonchev–Trinajstić information content (AvgIpc) is 3.00. The van der Waals surface area contributed by atoms with Gasteiger partial charge >= 0.3 is 0 Å². The number of nitrogens with one attached hydrogen (secondary N) is 1. The second kappa shape index (κ2) is 7.19. The maximum Gasteiger partial charge on any atom is 0.251 e. The van der Waals surface area contributed by atoms with Crippen molar-refractivity contribution in [2.24, 2.45) is 5.92 Å². The molecular weight excluding hydrogens is 326 g/mol. The molecule has 2 aromatic rings. The van der Waals surface area contributed by atoms with E-state index in [-0.39, 0.29) is 11.9 Å². The van der Waals surface area contributed by atoms with Crippen LogP contribution in [-0.4, -0.2) is 36.5 Å². The number of piperidine rings is 1. The summed E-state index contributed by atoms with van der Waals surface area (Å²) in [6.45, 7) is 3.31. The van der Waals surface area contributed by atoms with Gasteiger partial charge in [-0.15, -0.1) is 0 Å². The Labute approximate surface area is 153 Å². The van der Waals surface area contributed by atoms with Crippen molar-refractivity contribution in [3.05, 3.63) is 59.7 Å². The lowest BCUT2D eigenvalue weighted by atomic mass is 9.96. The van der Waals surface area contributed by atoms with Crippen LogP contribution in [0.15, 0.2) is 48.5 Å².